The third kappa shape index (κ3) is 5.56. The molecule has 4 rings (SSSR count). The third-order valence-electron chi connectivity index (χ3n) is 5.32. The average molecular weight is 569 g/mol. The summed E-state index contributed by atoms with van der Waals surface area (Å²) in [4.78, 5) is 50.2. The number of amides is 4. The number of hydrogen-bond acceptors (Lipinski definition) is 7. The first kappa shape index (κ1) is 25.7. The Morgan fingerprint density at radius 1 is 1.08 bits per heavy atom. The van der Waals surface area contributed by atoms with E-state index >= 15 is 0 Å². The fourth-order valence-corrected chi connectivity index (χ4v) is 4.11. The van der Waals surface area contributed by atoms with Crippen molar-refractivity contribution < 1.29 is 38.2 Å². The summed E-state index contributed by atoms with van der Waals surface area (Å²) in [6.07, 6.45) is 1.36. The molecule has 37 heavy (non-hydrogen) atoms. The Morgan fingerprint density at radius 3 is 2.54 bits per heavy atom. The van der Waals surface area contributed by atoms with Crippen LogP contribution in [0.15, 0.2) is 63.0 Å². The van der Waals surface area contributed by atoms with Gasteiger partial charge in [-0.15, -0.1) is 0 Å². The molecule has 1 saturated heterocycles. The maximum absolute atomic E-state index is 13.2. The third-order valence-corrected chi connectivity index (χ3v) is 5.82. The zero-order valence-electron chi connectivity index (χ0n) is 19.7. The Kier molecular flexibility index (Phi) is 7.44. The highest BCUT2D eigenvalue weighted by atomic mass is 79.9. The lowest BCUT2D eigenvalue weighted by Gasteiger charge is -2.27. The second kappa shape index (κ2) is 10.7. The molecule has 4 amide bonds. The molecule has 2 heterocycles. The highest BCUT2D eigenvalue weighted by Crippen LogP contribution is 2.32. The van der Waals surface area contributed by atoms with Crippen LogP contribution < -0.4 is 19.7 Å². The molecule has 11 heteroatoms. The highest BCUT2D eigenvalue weighted by Gasteiger charge is 2.37. The second-order valence-electron chi connectivity index (χ2n) is 7.89. The molecule has 0 saturated carbocycles. The van der Waals surface area contributed by atoms with Gasteiger partial charge in [-0.1, -0.05) is 22.0 Å². The van der Waals surface area contributed by atoms with E-state index in [0.717, 1.165) is 9.37 Å². The lowest BCUT2D eigenvalue weighted by molar-refractivity contribution is -0.122. The van der Waals surface area contributed by atoms with E-state index in [4.69, 9.17) is 19.0 Å². The Balaban J connectivity index is 1.61. The van der Waals surface area contributed by atoms with Crippen LogP contribution in [0.5, 0.6) is 11.5 Å². The van der Waals surface area contributed by atoms with Crippen LogP contribution in [-0.2, 0) is 16.2 Å². The molecule has 0 bridgehead atoms. The number of furan rings is 1. The first-order valence-electron chi connectivity index (χ1n) is 11.1. The Morgan fingerprint density at radius 2 is 1.86 bits per heavy atom. The molecule has 0 radical (unpaired) electrons. The van der Waals surface area contributed by atoms with E-state index in [9.17, 15) is 19.2 Å². The first-order chi connectivity index (χ1) is 17.7. The van der Waals surface area contributed by atoms with Gasteiger partial charge in [0.05, 0.1) is 12.3 Å². The number of anilines is 1. The van der Waals surface area contributed by atoms with Crippen LogP contribution in [0.1, 0.15) is 34.4 Å². The van der Waals surface area contributed by atoms with Crippen LogP contribution in [-0.4, -0.2) is 35.5 Å². The van der Waals surface area contributed by atoms with E-state index in [0.29, 0.717) is 40.7 Å². The van der Waals surface area contributed by atoms with E-state index in [1.807, 2.05) is 0 Å². The standard InChI is InChI=1S/C26H21BrN2O8/c1-3-35-22-12-15(4-8-20(22)36-13-17-6-9-21(37-17)25(32)33)11-18-23(30)28-26(34)29(24(18)31)19-7-5-16(27)10-14(19)2/h4-12H,3,13H2,1-2H3,(H,32,33)(H,28,30,34)/b18-11+. The van der Waals surface area contributed by atoms with E-state index in [2.05, 4.69) is 21.2 Å². The smallest absolute Gasteiger partial charge is 0.371 e. The van der Waals surface area contributed by atoms with Crippen LogP contribution in [0.2, 0.25) is 0 Å². The van der Waals surface area contributed by atoms with Gasteiger partial charge in [-0.3, -0.25) is 14.9 Å². The fraction of sp³-hybridized carbons (Fsp3) is 0.154. The molecule has 2 N–H and O–H groups in total. The van der Waals surface area contributed by atoms with Crippen molar-refractivity contribution in [2.24, 2.45) is 0 Å². The lowest BCUT2D eigenvalue weighted by Crippen LogP contribution is -2.54. The number of aryl methyl sites for hydroxylation is 1. The molecular formula is C26H21BrN2O8. The van der Waals surface area contributed by atoms with E-state index < -0.39 is 23.8 Å². The largest absolute Gasteiger partial charge is 0.490 e. The molecular weight excluding hydrogens is 548 g/mol. The summed E-state index contributed by atoms with van der Waals surface area (Å²) in [6.45, 7) is 3.80. The van der Waals surface area contributed by atoms with Crippen LogP contribution in [0.4, 0.5) is 10.5 Å². The molecule has 1 aliphatic rings. The van der Waals surface area contributed by atoms with Gasteiger partial charge in [-0.05, 0) is 73.5 Å². The number of nitrogens with zero attached hydrogens (tertiary/aromatic N) is 1. The lowest BCUT2D eigenvalue weighted by atomic mass is 10.1. The number of aromatic carboxylic acids is 1. The Hall–Kier alpha value is -4.38. The zero-order valence-corrected chi connectivity index (χ0v) is 21.3. The summed E-state index contributed by atoms with van der Waals surface area (Å²) < 4.78 is 17.4. The minimum absolute atomic E-state index is 0.0434. The molecule has 3 aromatic rings. The van der Waals surface area contributed by atoms with Crippen molar-refractivity contribution in [3.05, 3.63) is 81.2 Å². The van der Waals surface area contributed by atoms with Crippen molar-refractivity contribution in [3.8, 4) is 11.5 Å². The molecule has 0 unspecified atom stereocenters. The number of hydrogen-bond donors (Lipinski definition) is 2. The predicted octanol–water partition coefficient (Wildman–Crippen LogP) is 4.69. The first-order valence-corrected chi connectivity index (χ1v) is 11.9. The molecule has 0 atom stereocenters. The minimum Gasteiger partial charge on any atom is -0.490 e. The summed E-state index contributed by atoms with van der Waals surface area (Å²) in [5, 5.41) is 11.2. The normalized spacial score (nSPS) is 14.6. The number of carbonyl (C=O) groups excluding carboxylic acids is 3. The number of rotatable bonds is 8. The number of barbiturate groups is 1. The van der Waals surface area contributed by atoms with Crippen molar-refractivity contribution in [2.45, 2.75) is 20.5 Å². The van der Waals surface area contributed by atoms with Gasteiger partial charge in [0, 0.05) is 4.47 Å². The minimum atomic E-state index is -1.18. The number of carboxylic acids is 1. The topological polar surface area (TPSA) is 135 Å². The van der Waals surface area contributed by atoms with Gasteiger partial charge in [0.25, 0.3) is 11.8 Å². The average Bonchev–Trinajstić information content (AvgIpc) is 3.32. The van der Waals surface area contributed by atoms with Gasteiger partial charge >= 0.3 is 12.0 Å². The molecule has 1 aliphatic heterocycles. The molecule has 2 aromatic carbocycles. The number of ether oxygens (including phenoxy) is 2. The second-order valence-corrected chi connectivity index (χ2v) is 8.80. The van der Waals surface area contributed by atoms with Gasteiger partial charge in [0.15, 0.2) is 11.5 Å². The van der Waals surface area contributed by atoms with Crippen molar-refractivity contribution in [1.82, 2.24) is 5.32 Å². The van der Waals surface area contributed by atoms with Crippen molar-refractivity contribution in [3.63, 3.8) is 0 Å². The number of carbonyl (C=O) groups is 4. The maximum atomic E-state index is 13.2. The number of carboxylic acid groups (broad SMARTS) is 1. The molecule has 0 spiro atoms. The van der Waals surface area contributed by atoms with Gasteiger partial charge in [-0.25, -0.2) is 14.5 Å². The summed E-state index contributed by atoms with van der Waals surface area (Å²) in [7, 11) is 0. The van der Waals surface area contributed by atoms with E-state index in [1.165, 1.54) is 18.2 Å². The van der Waals surface area contributed by atoms with Crippen molar-refractivity contribution in [2.75, 3.05) is 11.5 Å². The van der Waals surface area contributed by atoms with Gasteiger partial charge in [-0.2, -0.15) is 0 Å². The fourth-order valence-electron chi connectivity index (χ4n) is 3.63. The monoisotopic (exact) mass is 568 g/mol. The number of halogens is 1. The zero-order chi connectivity index (χ0) is 26.7. The number of nitrogens with one attached hydrogen (secondary N) is 1. The van der Waals surface area contributed by atoms with Gasteiger partial charge in [0.2, 0.25) is 5.76 Å². The van der Waals surface area contributed by atoms with Crippen molar-refractivity contribution in [1.29, 1.82) is 0 Å². The van der Waals surface area contributed by atoms with Gasteiger partial charge < -0.3 is 19.0 Å². The Labute approximate surface area is 219 Å². The number of benzene rings is 2. The summed E-state index contributed by atoms with van der Waals surface area (Å²) in [6, 6.07) is 11.8. The van der Waals surface area contributed by atoms with Gasteiger partial charge in [0.1, 0.15) is 17.9 Å². The summed E-state index contributed by atoms with van der Waals surface area (Å²) in [5.74, 6) is -1.97. The van der Waals surface area contributed by atoms with Crippen molar-refractivity contribution >= 4 is 51.5 Å². The van der Waals surface area contributed by atoms with Crippen LogP contribution in [0, 0.1) is 6.92 Å². The van der Waals surface area contributed by atoms with Crippen LogP contribution in [0.25, 0.3) is 6.08 Å². The molecule has 190 valence electrons. The molecule has 0 aliphatic carbocycles. The van der Waals surface area contributed by atoms with E-state index in [1.54, 1.807) is 50.2 Å². The molecule has 10 nitrogen and oxygen atoms in total. The number of imide groups is 2. The maximum Gasteiger partial charge on any atom is 0.371 e. The summed E-state index contributed by atoms with van der Waals surface area (Å²) in [5.41, 5.74) is 1.25. The van der Waals surface area contributed by atoms with E-state index in [-0.39, 0.29) is 17.9 Å². The highest BCUT2D eigenvalue weighted by molar-refractivity contribution is 9.10. The molecule has 1 fully saturated rings. The van der Waals surface area contributed by atoms with Crippen LogP contribution >= 0.6 is 15.9 Å². The SMILES string of the molecule is CCOc1cc(/C=C2\C(=O)NC(=O)N(c3ccc(Br)cc3C)C2=O)ccc1OCc1ccc(C(=O)O)o1. The number of urea groups is 1. The quantitative estimate of drug-likeness (QED) is 0.295. The predicted molar refractivity (Wildman–Crippen MR) is 135 cm³/mol. The van der Waals surface area contributed by atoms with Crippen LogP contribution in [0.3, 0.4) is 0 Å². The summed E-state index contributed by atoms with van der Waals surface area (Å²) >= 11 is 3.35. The molecule has 1 aromatic heterocycles. The Bertz CT molecular complexity index is 1440.